The number of hydrogen-bond acceptors (Lipinski definition) is 3. The fourth-order valence-electron chi connectivity index (χ4n) is 2.86. The zero-order valence-electron chi connectivity index (χ0n) is 12.3. The lowest BCUT2D eigenvalue weighted by Gasteiger charge is -2.28. The highest BCUT2D eigenvalue weighted by Crippen LogP contribution is 2.17. The van der Waals surface area contributed by atoms with Gasteiger partial charge in [0.25, 0.3) is 0 Å². The second kappa shape index (κ2) is 7.29. The Hall–Kier alpha value is -1.55. The van der Waals surface area contributed by atoms with Gasteiger partial charge in [-0.3, -0.25) is 9.69 Å². The van der Waals surface area contributed by atoms with E-state index in [0.717, 1.165) is 25.2 Å². The van der Waals surface area contributed by atoms with Crippen LogP contribution in [-0.4, -0.2) is 29.9 Å². The van der Waals surface area contributed by atoms with E-state index >= 15 is 0 Å². The van der Waals surface area contributed by atoms with Crippen LogP contribution >= 0.6 is 0 Å². The van der Waals surface area contributed by atoms with E-state index in [2.05, 4.69) is 17.1 Å². The Morgan fingerprint density at radius 3 is 2.60 bits per heavy atom. The Labute approximate surface area is 121 Å². The van der Waals surface area contributed by atoms with E-state index in [9.17, 15) is 4.79 Å². The third-order valence-corrected chi connectivity index (χ3v) is 3.92. The molecule has 0 aromatic heterocycles. The van der Waals surface area contributed by atoms with Crippen LogP contribution in [0.15, 0.2) is 24.3 Å². The molecule has 4 heteroatoms. The summed E-state index contributed by atoms with van der Waals surface area (Å²) in [4.78, 5) is 14.8. The molecule has 1 aromatic rings. The standard InChI is InChI=1S/C16H25N3O/c1-2-15(19-10-5-3-4-6-11-19)16(20)18-14-9-7-8-13(17)12-14/h7-9,12,15H,2-6,10-11,17H2,1H3,(H,18,20). The average Bonchev–Trinajstić information content (AvgIpc) is 2.69. The number of hydrogen-bond donors (Lipinski definition) is 2. The number of rotatable bonds is 4. The summed E-state index contributed by atoms with van der Waals surface area (Å²) in [7, 11) is 0. The van der Waals surface area contributed by atoms with Crippen LogP contribution in [0.5, 0.6) is 0 Å². The first-order valence-electron chi connectivity index (χ1n) is 7.61. The Balaban J connectivity index is 2.01. The summed E-state index contributed by atoms with van der Waals surface area (Å²) in [6.07, 6.45) is 5.80. The van der Waals surface area contributed by atoms with E-state index < -0.39 is 0 Å². The second-order valence-electron chi connectivity index (χ2n) is 5.49. The van der Waals surface area contributed by atoms with Gasteiger partial charge in [-0.1, -0.05) is 25.8 Å². The lowest BCUT2D eigenvalue weighted by Crippen LogP contribution is -2.44. The molecule has 1 amide bonds. The van der Waals surface area contributed by atoms with Crippen molar-refractivity contribution in [2.45, 2.75) is 45.1 Å². The number of amides is 1. The molecule has 1 saturated heterocycles. The quantitative estimate of drug-likeness (QED) is 0.831. The van der Waals surface area contributed by atoms with Gasteiger partial charge in [-0.05, 0) is 50.6 Å². The number of nitrogens with one attached hydrogen (secondary N) is 1. The molecule has 0 saturated carbocycles. The molecule has 20 heavy (non-hydrogen) atoms. The molecule has 1 unspecified atom stereocenters. The van der Waals surface area contributed by atoms with Crippen molar-refractivity contribution < 1.29 is 4.79 Å². The van der Waals surface area contributed by atoms with Gasteiger partial charge in [0.15, 0.2) is 0 Å². The predicted molar refractivity (Wildman–Crippen MR) is 83.6 cm³/mol. The molecule has 0 spiro atoms. The van der Waals surface area contributed by atoms with Gasteiger partial charge < -0.3 is 11.1 Å². The molecule has 2 rings (SSSR count). The summed E-state index contributed by atoms with van der Waals surface area (Å²) in [6.45, 7) is 4.14. The summed E-state index contributed by atoms with van der Waals surface area (Å²) >= 11 is 0. The van der Waals surface area contributed by atoms with Gasteiger partial charge in [0, 0.05) is 11.4 Å². The first kappa shape index (κ1) is 14.9. The monoisotopic (exact) mass is 275 g/mol. The number of carbonyl (C=O) groups is 1. The number of nitrogens with two attached hydrogens (primary N) is 1. The summed E-state index contributed by atoms with van der Waals surface area (Å²) < 4.78 is 0. The van der Waals surface area contributed by atoms with E-state index in [1.54, 1.807) is 6.07 Å². The maximum atomic E-state index is 12.5. The minimum Gasteiger partial charge on any atom is -0.399 e. The molecule has 1 aliphatic heterocycles. The van der Waals surface area contributed by atoms with Crippen LogP contribution in [0.3, 0.4) is 0 Å². The van der Waals surface area contributed by atoms with Crippen LogP contribution in [0.2, 0.25) is 0 Å². The van der Waals surface area contributed by atoms with Crippen LogP contribution in [0, 0.1) is 0 Å². The first-order chi connectivity index (χ1) is 9.70. The molecule has 1 atom stereocenters. The van der Waals surface area contributed by atoms with Gasteiger partial charge in [-0.2, -0.15) is 0 Å². The van der Waals surface area contributed by atoms with E-state index in [1.165, 1.54) is 25.7 Å². The summed E-state index contributed by atoms with van der Waals surface area (Å²) in [5.74, 6) is 0.0833. The van der Waals surface area contributed by atoms with Crippen LogP contribution in [0.1, 0.15) is 39.0 Å². The van der Waals surface area contributed by atoms with E-state index in [1.807, 2.05) is 18.2 Å². The fourth-order valence-corrected chi connectivity index (χ4v) is 2.86. The van der Waals surface area contributed by atoms with Crippen molar-refractivity contribution in [3.8, 4) is 0 Å². The van der Waals surface area contributed by atoms with Crippen molar-refractivity contribution in [1.82, 2.24) is 4.90 Å². The lowest BCUT2D eigenvalue weighted by molar-refractivity contribution is -0.121. The van der Waals surface area contributed by atoms with E-state index in [4.69, 9.17) is 5.73 Å². The minimum absolute atomic E-state index is 0.0328. The fraction of sp³-hybridized carbons (Fsp3) is 0.562. The maximum Gasteiger partial charge on any atom is 0.241 e. The van der Waals surface area contributed by atoms with Crippen LogP contribution in [-0.2, 0) is 4.79 Å². The lowest BCUT2D eigenvalue weighted by atomic mass is 10.1. The van der Waals surface area contributed by atoms with E-state index in [-0.39, 0.29) is 11.9 Å². The molecular formula is C16H25N3O. The molecule has 1 fully saturated rings. The van der Waals surface area contributed by atoms with Gasteiger partial charge in [0.1, 0.15) is 0 Å². The number of likely N-dealkylation sites (tertiary alicyclic amines) is 1. The Morgan fingerprint density at radius 1 is 1.30 bits per heavy atom. The minimum atomic E-state index is -0.0328. The molecule has 1 heterocycles. The predicted octanol–water partition coefficient (Wildman–Crippen LogP) is 2.86. The van der Waals surface area contributed by atoms with Crippen molar-refractivity contribution in [1.29, 1.82) is 0 Å². The molecule has 1 aliphatic rings. The van der Waals surface area contributed by atoms with Crippen molar-refractivity contribution in [2.75, 3.05) is 24.1 Å². The maximum absolute atomic E-state index is 12.5. The number of carbonyl (C=O) groups excluding carboxylic acids is 1. The molecule has 4 nitrogen and oxygen atoms in total. The largest absolute Gasteiger partial charge is 0.399 e. The molecular weight excluding hydrogens is 250 g/mol. The van der Waals surface area contributed by atoms with Crippen LogP contribution in [0.4, 0.5) is 11.4 Å². The molecule has 3 N–H and O–H groups in total. The SMILES string of the molecule is CCC(C(=O)Nc1cccc(N)c1)N1CCCCCC1. The van der Waals surface area contributed by atoms with Crippen molar-refractivity contribution in [2.24, 2.45) is 0 Å². The van der Waals surface area contributed by atoms with Crippen LogP contribution in [0.25, 0.3) is 0 Å². The van der Waals surface area contributed by atoms with Gasteiger partial charge in [-0.25, -0.2) is 0 Å². The zero-order valence-corrected chi connectivity index (χ0v) is 12.3. The van der Waals surface area contributed by atoms with Crippen molar-refractivity contribution in [3.05, 3.63) is 24.3 Å². The Kier molecular flexibility index (Phi) is 5.41. The first-order valence-corrected chi connectivity index (χ1v) is 7.61. The smallest absolute Gasteiger partial charge is 0.241 e. The Bertz CT molecular complexity index is 439. The third kappa shape index (κ3) is 3.97. The highest BCUT2D eigenvalue weighted by molar-refractivity contribution is 5.95. The summed E-state index contributed by atoms with van der Waals surface area (Å²) in [6, 6.07) is 7.32. The topological polar surface area (TPSA) is 58.4 Å². The number of benzene rings is 1. The van der Waals surface area contributed by atoms with Gasteiger partial charge >= 0.3 is 0 Å². The van der Waals surface area contributed by atoms with Crippen molar-refractivity contribution >= 4 is 17.3 Å². The van der Waals surface area contributed by atoms with Gasteiger partial charge in [0.05, 0.1) is 6.04 Å². The van der Waals surface area contributed by atoms with Gasteiger partial charge in [-0.15, -0.1) is 0 Å². The molecule has 1 aromatic carbocycles. The molecule has 110 valence electrons. The number of nitrogen functional groups attached to an aromatic ring is 1. The molecule has 0 bridgehead atoms. The highest BCUT2D eigenvalue weighted by Gasteiger charge is 2.24. The van der Waals surface area contributed by atoms with Crippen molar-refractivity contribution in [3.63, 3.8) is 0 Å². The summed E-state index contributed by atoms with van der Waals surface area (Å²) in [5.41, 5.74) is 7.20. The second-order valence-corrected chi connectivity index (χ2v) is 5.49. The average molecular weight is 275 g/mol. The Morgan fingerprint density at radius 2 is 2.00 bits per heavy atom. The van der Waals surface area contributed by atoms with Gasteiger partial charge in [0.2, 0.25) is 5.91 Å². The number of anilines is 2. The van der Waals surface area contributed by atoms with Crippen LogP contribution < -0.4 is 11.1 Å². The normalized spacial score (nSPS) is 18.2. The number of nitrogens with zero attached hydrogens (tertiary/aromatic N) is 1. The summed E-state index contributed by atoms with van der Waals surface area (Å²) in [5, 5.41) is 2.99. The molecule has 0 aliphatic carbocycles. The molecule has 0 radical (unpaired) electrons. The third-order valence-electron chi connectivity index (χ3n) is 3.92. The highest BCUT2D eigenvalue weighted by atomic mass is 16.2. The van der Waals surface area contributed by atoms with E-state index in [0.29, 0.717) is 5.69 Å². The zero-order chi connectivity index (χ0) is 14.4.